The van der Waals surface area contributed by atoms with Gasteiger partial charge < -0.3 is 14.6 Å². The van der Waals surface area contributed by atoms with Gasteiger partial charge in [0, 0.05) is 13.0 Å². The van der Waals surface area contributed by atoms with E-state index in [0.717, 1.165) is 0 Å². The molecule has 0 aromatic carbocycles. The second-order valence-corrected chi connectivity index (χ2v) is 3.14. The monoisotopic (exact) mass is 176 g/mol. The molecular weight excluding hydrogens is 162 g/mol. The topological polar surface area (TPSA) is 38.7 Å². The van der Waals surface area contributed by atoms with Crippen molar-refractivity contribution in [1.29, 1.82) is 0 Å². The van der Waals surface area contributed by atoms with E-state index < -0.39 is 18.7 Å². The maximum Gasteiger partial charge on any atom is 0.142 e. The van der Waals surface area contributed by atoms with E-state index in [4.69, 9.17) is 9.47 Å². The average Bonchev–Trinajstić information content (AvgIpc) is 2.29. The highest BCUT2D eigenvalue weighted by molar-refractivity contribution is 6.11. The molecule has 5 heteroatoms. The predicted molar refractivity (Wildman–Crippen MR) is 44.6 cm³/mol. The fourth-order valence-electron chi connectivity index (χ4n) is 1.54. The Morgan fingerprint density at radius 2 is 2.33 bits per heavy atom. The highest BCUT2D eigenvalue weighted by Crippen LogP contribution is 2.26. The first-order valence-electron chi connectivity index (χ1n) is 4.09. The Kier molecular flexibility index (Phi) is 3.49. The average molecular weight is 176 g/mol. The van der Waals surface area contributed by atoms with Crippen LogP contribution in [-0.4, -0.2) is 51.6 Å². The van der Waals surface area contributed by atoms with Crippen LogP contribution in [0.15, 0.2) is 0 Å². The SMILES string of the molecule is B[C@@H]1O[C@H](COC)[C@@H](CF)[C@H]1O. The van der Waals surface area contributed by atoms with Crippen molar-refractivity contribution in [3.63, 3.8) is 0 Å². The van der Waals surface area contributed by atoms with E-state index in [9.17, 15) is 9.50 Å². The number of alkyl halides is 1. The number of halogens is 1. The van der Waals surface area contributed by atoms with Gasteiger partial charge in [0.25, 0.3) is 0 Å². The fourth-order valence-corrected chi connectivity index (χ4v) is 1.54. The Morgan fingerprint density at radius 3 is 2.83 bits per heavy atom. The van der Waals surface area contributed by atoms with Crippen LogP contribution < -0.4 is 0 Å². The second-order valence-electron chi connectivity index (χ2n) is 3.14. The first-order chi connectivity index (χ1) is 5.70. The van der Waals surface area contributed by atoms with Crippen LogP contribution >= 0.6 is 0 Å². The van der Waals surface area contributed by atoms with Crippen LogP contribution in [0.2, 0.25) is 0 Å². The van der Waals surface area contributed by atoms with Gasteiger partial charge in [0.05, 0.1) is 31.5 Å². The number of hydrogen-bond acceptors (Lipinski definition) is 3. The number of rotatable bonds is 3. The lowest BCUT2D eigenvalue weighted by Gasteiger charge is -2.15. The molecule has 1 aliphatic heterocycles. The Labute approximate surface area is 72.3 Å². The molecule has 70 valence electrons. The molecule has 1 heterocycles. The van der Waals surface area contributed by atoms with Crippen LogP contribution in [0.4, 0.5) is 4.39 Å². The molecule has 0 bridgehead atoms. The van der Waals surface area contributed by atoms with Gasteiger partial charge in [-0.15, -0.1) is 0 Å². The molecule has 1 saturated heterocycles. The summed E-state index contributed by atoms with van der Waals surface area (Å²) < 4.78 is 22.6. The number of hydrogen-bond donors (Lipinski definition) is 1. The molecule has 0 radical (unpaired) electrons. The maximum absolute atomic E-state index is 12.4. The van der Waals surface area contributed by atoms with Crippen molar-refractivity contribution in [3.8, 4) is 0 Å². The Bertz CT molecular complexity index is 147. The lowest BCUT2D eigenvalue weighted by atomic mass is 9.88. The zero-order valence-electron chi connectivity index (χ0n) is 7.37. The van der Waals surface area contributed by atoms with Gasteiger partial charge in [-0.1, -0.05) is 0 Å². The lowest BCUT2D eigenvalue weighted by molar-refractivity contribution is 0.00549. The summed E-state index contributed by atoms with van der Waals surface area (Å²) in [4.78, 5) is 0. The zero-order valence-corrected chi connectivity index (χ0v) is 7.37. The van der Waals surface area contributed by atoms with Crippen LogP contribution in [0.1, 0.15) is 0 Å². The quantitative estimate of drug-likeness (QED) is 0.557. The third kappa shape index (κ3) is 1.78. The largest absolute Gasteiger partial charge is 0.391 e. The minimum absolute atomic E-state index is 0.286. The molecule has 0 aromatic rings. The van der Waals surface area contributed by atoms with Gasteiger partial charge in [-0.3, -0.25) is 4.39 Å². The number of methoxy groups -OCH3 is 1. The van der Waals surface area contributed by atoms with Gasteiger partial charge in [0.1, 0.15) is 7.85 Å². The van der Waals surface area contributed by atoms with Gasteiger partial charge in [-0.25, -0.2) is 0 Å². The molecule has 4 atom stereocenters. The summed E-state index contributed by atoms with van der Waals surface area (Å²) in [5, 5.41) is 9.43. The van der Waals surface area contributed by atoms with E-state index in [0.29, 0.717) is 6.61 Å². The number of ether oxygens (including phenoxy) is 2. The van der Waals surface area contributed by atoms with E-state index in [1.807, 2.05) is 0 Å². The molecule has 3 nitrogen and oxygen atoms in total. The Balaban J connectivity index is 2.52. The van der Waals surface area contributed by atoms with Gasteiger partial charge in [0.2, 0.25) is 0 Å². The summed E-state index contributed by atoms with van der Waals surface area (Å²) in [6.07, 6.45) is -1.000. The van der Waals surface area contributed by atoms with Crippen molar-refractivity contribution in [2.45, 2.75) is 18.2 Å². The predicted octanol–water partition coefficient (Wildman–Crippen LogP) is -1.06. The molecule has 0 aromatic heterocycles. The van der Waals surface area contributed by atoms with Crippen molar-refractivity contribution >= 4 is 7.85 Å². The third-order valence-electron chi connectivity index (χ3n) is 2.30. The Morgan fingerprint density at radius 1 is 1.67 bits per heavy atom. The standard InChI is InChI=1S/C7H14BFO3/c1-11-3-5-4(2-9)6(10)7(8)12-5/h4-7,10H,2-3,8H2,1H3/t4-,5-,6-,7-/m1/s1. The molecule has 0 unspecified atom stereocenters. The van der Waals surface area contributed by atoms with Crippen molar-refractivity contribution in [1.82, 2.24) is 0 Å². The molecule has 12 heavy (non-hydrogen) atoms. The summed E-state index contributed by atoms with van der Waals surface area (Å²) in [5.74, 6) is -0.431. The number of aliphatic hydroxyl groups excluding tert-OH is 1. The van der Waals surface area contributed by atoms with Crippen LogP contribution in [-0.2, 0) is 9.47 Å². The van der Waals surface area contributed by atoms with Gasteiger partial charge >= 0.3 is 0 Å². The molecule has 1 N–H and O–H groups in total. The second kappa shape index (κ2) is 4.21. The molecular formula is C7H14BFO3. The van der Waals surface area contributed by atoms with Crippen molar-refractivity contribution in [2.24, 2.45) is 5.92 Å². The van der Waals surface area contributed by atoms with E-state index in [2.05, 4.69) is 0 Å². The first-order valence-corrected chi connectivity index (χ1v) is 4.09. The highest BCUT2D eigenvalue weighted by atomic mass is 19.1. The number of aliphatic hydroxyl groups is 1. The Hall–Kier alpha value is -0.125. The van der Waals surface area contributed by atoms with Crippen molar-refractivity contribution < 1.29 is 19.0 Å². The van der Waals surface area contributed by atoms with Gasteiger partial charge in [0.15, 0.2) is 0 Å². The molecule has 0 amide bonds. The van der Waals surface area contributed by atoms with E-state index >= 15 is 0 Å². The summed E-state index contributed by atoms with van der Waals surface area (Å²) >= 11 is 0. The van der Waals surface area contributed by atoms with Crippen molar-refractivity contribution in [3.05, 3.63) is 0 Å². The van der Waals surface area contributed by atoms with Gasteiger partial charge in [-0.05, 0) is 0 Å². The van der Waals surface area contributed by atoms with Crippen LogP contribution in [0.3, 0.4) is 0 Å². The zero-order chi connectivity index (χ0) is 9.14. The van der Waals surface area contributed by atoms with E-state index in [1.165, 1.54) is 7.11 Å². The molecule has 1 fully saturated rings. The van der Waals surface area contributed by atoms with E-state index in [1.54, 1.807) is 7.85 Å². The first kappa shape index (κ1) is 9.96. The highest BCUT2D eigenvalue weighted by Gasteiger charge is 2.40. The summed E-state index contributed by atoms with van der Waals surface area (Å²) in [6, 6.07) is -0.286. The van der Waals surface area contributed by atoms with Crippen molar-refractivity contribution in [2.75, 3.05) is 20.4 Å². The lowest BCUT2D eigenvalue weighted by Crippen LogP contribution is -2.30. The minimum atomic E-state index is -0.699. The molecule has 1 aliphatic rings. The molecule has 0 saturated carbocycles. The molecule has 0 aliphatic carbocycles. The summed E-state index contributed by atoms with van der Waals surface area (Å²) in [5.41, 5.74) is 0. The van der Waals surface area contributed by atoms with Crippen LogP contribution in [0, 0.1) is 5.92 Å². The molecule has 1 rings (SSSR count). The summed E-state index contributed by atoms with van der Waals surface area (Å²) in [6.45, 7) is -0.213. The fraction of sp³-hybridized carbons (Fsp3) is 1.00. The van der Waals surface area contributed by atoms with Crippen LogP contribution in [0.5, 0.6) is 0 Å². The summed E-state index contributed by atoms with van der Waals surface area (Å²) in [7, 11) is 3.27. The van der Waals surface area contributed by atoms with E-state index in [-0.39, 0.29) is 12.1 Å². The van der Waals surface area contributed by atoms with Crippen LogP contribution in [0.25, 0.3) is 0 Å². The minimum Gasteiger partial charge on any atom is -0.391 e. The normalized spacial score (nSPS) is 41.9. The molecule has 0 spiro atoms. The van der Waals surface area contributed by atoms with Gasteiger partial charge in [-0.2, -0.15) is 0 Å². The smallest absolute Gasteiger partial charge is 0.142 e. The third-order valence-corrected chi connectivity index (χ3v) is 2.30. The maximum atomic E-state index is 12.4.